The van der Waals surface area contributed by atoms with E-state index in [1.165, 1.54) is 25.7 Å². The monoisotopic (exact) mass is 565 g/mol. The summed E-state index contributed by atoms with van der Waals surface area (Å²) in [4.78, 5) is 22.3. The summed E-state index contributed by atoms with van der Waals surface area (Å²) in [6.07, 6.45) is 7.59. The molecule has 0 unspecified atom stereocenters. The number of carbonyl (C=O) groups is 1. The van der Waals surface area contributed by atoms with Gasteiger partial charge in [0.1, 0.15) is 11.6 Å². The first-order valence-corrected chi connectivity index (χ1v) is 14.7. The summed E-state index contributed by atoms with van der Waals surface area (Å²) in [6, 6.07) is 15.3. The third-order valence-corrected chi connectivity index (χ3v) is 7.52. The molecule has 2 N–H and O–H groups in total. The van der Waals surface area contributed by atoms with Crippen LogP contribution in [0.2, 0.25) is 5.02 Å². The summed E-state index contributed by atoms with van der Waals surface area (Å²) in [6.45, 7) is 12.1. The lowest BCUT2D eigenvalue weighted by molar-refractivity contribution is -0.113. The molecule has 1 saturated carbocycles. The molecule has 40 heavy (non-hydrogen) atoms. The van der Waals surface area contributed by atoms with Gasteiger partial charge in [-0.1, -0.05) is 76.6 Å². The van der Waals surface area contributed by atoms with Gasteiger partial charge < -0.3 is 4.90 Å². The summed E-state index contributed by atoms with van der Waals surface area (Å²) >= 11 is 5.84. The number of hydrogen-bond donors (Lipinski definition) is 1. The Morgan fingerprint density at radius 3 is 2.00 bits per heavy atom. The van der Waals surface area contributed by atoms with Gasteiger partial charge in [0.05, 0.1) is 11.2 Å². The van der Waals surface area contributed by atoms with Crippen LogP contribution in [-0.4, -0.2) is 29.8 Å². The summed E-state index contributed by atoms with van der Waals surface area (Å²) in [5.74, 6) is 9.97. The molecule has 0 radical (unpaired) electrons. The standard InChI is InChI=1S/C14H19ClN2O.C11H13N3.C8H16/c1-4-5-14(10(2)11(3)18)17(16)13-8-6-12(15)7-9-13;1-8-12-10-7-5-4-6-9(10)11(13-8)14(2)3;1-7-3-5-8(2)6-4-7/h6-9H,4-5,16H2,1-3H3;4-7H,1-3H3;7-8H,3-6H2,1-2H3/b14-10+;;. The highest BCUT2D eigenvalue weighted by atomic mass is 35.5. The molecule has 1 aromatic heterocycles. The molecule has 3 aromatic rings. The van der Waals surface area contributed by atoms with Gasteiger partial charge in [-0.15, -0.1) is 0 Å². The third kappa shape index (κ3) is 10.2. The quantitative estimate of drug-likeness (QED) is 0.183. The minimum absolute atomic E-state index is 0.0443. The highest BCUT2D eigenvalue weighted by Crippen LogP contribution is 2.27. The lowest BCUT2D eigenvalue weighted by Gasteiger charge is -2.24. The van der Waals surface area contributed by atoms with Gasteiger partial charge in [0.15, 0.2) is 5.78 Å². The number of nitrogens with two attached hydrogens (primary N) is 1. The van der Waals surface area contributed by atoms with Crippen LogP contribution >= 0.6 is 11.6 Å². The molecule has 218 valence electrons. The summed E-state index contributed by atoms with van der Waals surface area (Å²) in [7, 11) is 3.99. The van der Waals surface area contributed by atoms with E-state index in [2.05, 4.69) is 30.7 Å². The molecule has 1 aliphatic rings. The van der Waals surface area contributed by atoms with E-state index in [0.29, 0.717) is 10.6 Å². The molecule has 0 aliphatic heterocycles. The predicted octanol–water partition coefficient (Wildman–Crippen LogP) is 8.52. The zero-order chi connectivity index (χ0) is 29.8. The fraction of sp³-hybridized carbons (Fsp3) is 0.485. The van der Waals surface area contributed by atoms with Gasteiger partial charge in [-0.05, 0) is 75.4 Å². The number of ketones is 1. The van der Waals surface area contributed by atoms with Gasteiger partial charge in [-0.2, -0.15) is 0 Å². The number of hydrogen-bond acceptors (Lipinski definition) is 6. The molecule has 1 aliphatic carbocycles. The van der Waals surface area contributed by atoms with Crippen LogP contribution < -0.4 is 15.8 Å². The van der Waals surface area contributed by atoms with Crippen LogP contribution in [0.3, 0.4) is 0 Å². The lowest BCUT2D eigenvalue weighted by Crippen LogP contribution is -2.31. The number of hydrazine groups is 1. The molecule has 0 atom stereocenters. The van der Waals surface area contributed by atoms with Gasteiger partial charge in [-0.3, -0.25) is 9.80 Å². The Balaban J connectivity index is 0.000000225. The SMILES string of the molecule is CC1CCC(C)CC1.CCC/C(=C(/C)C(C)=O)N(N)c1ccc(Cl)cc1.Cc1nc(N(C)C)c2ccccc2n1. The van der Waals surface area contributed by atoms with Crippen LogP contribution in [-0.2, 0) is 4.79 Å². The number of para-hydroxylation sites is 1. The van der Waals surface area contributed by atoms with E-state index in [9.17, 15) is 4.79 Å². The summed E-state index contributed by atoms with van der Waals surface area (Å²) in [5, 5.41) is 3.33. The molecule has 1 heterocycles. The first kappa shape index (κ1) is 33.2. The van der Waals surface area contributed by atoms with Crippen molar-refractivity contribution in [2.45, 2.75) is 80.1 Å². The van der Waals surface area contributed by atoms with Gasteiger partial charge in [0.2, 0.25) is 0 Å². The maximum atomic E-state index is 11.5. The van der Waals surface area contributed by atoms with Gasteiger partial charge in [0.25, 0.3) is 0 Å². The molecule has 0 saturated heterocycles. The maximum Gasteiger partial charge on any atom is 0.157 e. The van der Waals surface area contributed by atoms with Crippen LogP contribution in [0.4, 0.5) is 11.5 Å². The van der Waals surface area contributed by atoms with Crippen LogP contribution in [0.25, 0.3) is 10.9 Å². The molecule has 7 heteroatoms. The fourth-order valence-electron chi connectivity index (χ4n) is 4.63. The van der Waals surface area contributed by atoms with E-state index < -0.39 is 0 Å². The first-order valence-electron chi connectivity index (χ1n) is 14.4. The van der Waals surface area contributed by atoms with Crippen LogP contribution in [0, 0.1) is 18.8 Å². The van der Waals surface area contributed by atoms with Crippen molar-refractivity contribution in [3.63, 3.8) is 0 Å². The van der Waals surface area contributed by atoms with Crippen molar-refractivity contribution in [1.29, 1.82) is 0 Å². The van der Waals surface area contributed by atoms with Crippen LogP contribution in [0.15, 0.2) is 59.8 Å². The second kappa shape index (κ2) is 16.3. The van der Waals surface area contributed by atoms with Crippen molar-refractivity contribution in [1.82, 2.24) is 9.97 Å². The van der Waals surface area contributed by atoms with E-state index in [1.54, 1.807) is 24.1 Å². The predicted molar refractivity (Wildman–Crippen MR) is 172 cm³/mol. The zero-order valence-electron chi connectivity index (χ0n) is 25.7. The normalized spacial score (nSPS) is 17.1. The summed E-state index contributed by atoms with van der Waals surface area (Å²) in [5.41, 5.74) is 3.38. The topological polar surface area (TPSA) is 75.3 Å². The largest absolute Gasteiger partial charge is 0.362 e. The van der Waals surface area contributed by atoms with Crippen molar-refractivity contribution in [3.05, 3.63) is 70.6 Å². The fourth-order valence-corrected chi connectivity index (χ4v) is 4.75. The average Bonchev–Trinajstić information content (AvgIpc) is 2.93. The van der Waals surface area contributed by atoms with Gasteiger partial charge in [0, 0.05) is 35.8 Å². The Hall–Kier alpha value is -2.96. The van der Waals surface area contributed by atoms with E-state index in [4.69, 9.17) is 17.4 Å². The molecule has 1 fully saturated rings. The third-order valence-electron chi connectivity index (χ3n) is 7.27. The number of rotatable bonds is 6. The Labute approximate surface area is 246 Å². The second-order valence-corrected chi connectivity index (χ2v) is 11.5. The van der Waals surface area contributed by atoms with Crippen molar-refractivity contribution < 1.29 is 4.79 Å². The number of aryl methyl sites for hydroxylation is 1. The summed E-state index contributed by atoms with van der Waals surface area (Å²) < 4.78 is 0. The minimum Gasteiger partial charge on any atom is -0.362 e. The average molecular weight is 566 g/mol. The highest BCUT2D eigenvalue weighted by Gasteiger charge is 2.14. The van der Waals surface area contributed by atoms with Gasteiger partial charge in [-0.25, -0.2) is 15.8 Å². The van der Waals surface area contributed by atoms with Crippen molar-refractivity contribution in [2.75, 3.05) is 24.0 Å². The molecule has 0 amide bonds. The number of benzene rings is 2. The Morgan fingerprint density at radius 2 is 1.50 bits per heavy atom. The van der Waals surface area contributed by atoms with Crippen molar-refractivity contribution in [2.24, 2.45) is 17.7 Å². The van der Waals surface area contributed by atoms with E-state index in [0.717, 1.165) is 58.6 Å². The number of carbonyl (C=O) groups excluding carboxylic acids is 1. The molecule has 2 aromatic carbocycles. The number of nitrogens with zero attached hydrogens (tertiary/aromatic N) is 4. The maximum absolute atomic E-state index is 11.5. The molecule has 0 bridgehead atoms. The molecule has 4 rings (SSSR count). The Morgan fingerprint density at radius 1 is 0.950 bits per heavy atom. The number of aromatic nitrogens is 2. The first-order chi connectivity index (χ1) is 18.9. The van der Waals surface area contributed by atoms with E-state index in [-0.39, 0.29) is 5.78 Å². The van der Waals surface area contributed by atoms with E-state index >= 15 is 0 Å². The minimum atomic E-state index is 0.0443. The van der Waals surface area contributed by atoms with Gasteiger partial charge >= 0.3 is 0 Å². The van der Waals surface area contributed by atoms with Crippen LogP contribution in [0.1, 0.15) is 79.0 Å². The highest BCUT2D eigenvalue weighted by molar-refractivity contribution is 6.30. The van der Waals surface area contributed by atoms with Crippen molar-refractivity contribution in [3.8, 4) is 0 Å². The number of Topliss-reactive ketones (excluding diaryl/α,β-unsaturated/α-hetero) is 1. The second-order valence-electron chi connectivity index (χ2n) is 11.1. The van der Waals surface area contributed by atoms with Crippen molar-refractivity contribution >= 4 is 39.8 Å². The number of allylic oxidation sites excluding steroid dienone is 2. The Bertz CT molecular complexity index is 1240. The molecular weight excluding hydrogens is 518 g/mol. The Kier molecular flexibility index (Phi) is 13.6. The number of halogens is 1. The van der Waals surface area contributed by atoms with E-state index in [1.807, 2.05) is 69.2 Å². The van der Waals surface area contributed by atoms with Crippen LogP contribution in [0.5, 0.6) is 0 Å². The molecule has 6 nitrogen and oxygen atoms in total. The lowest BCUT2D eigenvalue weighted by atomic mass is 9.84. The molecule has 0 spiro atoms. The number of fused-ring (bicyclic) bond motifs is 1. The number of anilines is 2. The zero-order valence-corrected chi connectivity index (χ0v) is 26.4. The molecular formula is C33H48ClN5O. The smallest absolute Gasteiger partial charge is 0.157 e.